The van der Waals surface area contributed by atoms with E-state index in [4.69, 9.17) is 5.73 Å². The van der Waals surface area contributed by atoms with Crippen LogP contribution in [0.1, 0.15) is 5.69 Å². The van der Waals surface area contributed by atoms with E-state index in [1.807, 2.05) is 4.72 Å². The van der Waals surface area contributed by atoms with Crippen LogP contribution in [0.25, 0.3) is 0 Å². The summed E-state index contributed by atoms with van der Waals surface area (Å²) in [6, 6.07) is 5.18. The van der Waals surface area contributed by atoms with Gasteiger partial charge in [0.15, 0.2) is 0 Å². The highest BCUT2D eigenvalue weighted by Crippen LogP contribution is 2.21. The first-order valence-electron chi connectivity index (χ1n) is 5.56. The van der Waals surface area contributed by atoms with E-state index in [9.17, 15) is 17.2 Å². The Kier molecular flexibility index (Phi) is 3.96. The van der Waals surface area contributed by atoms with E-state index in [0.717, 1.165) is 18.2 Å². The summed E-state index contributed by atoms with van der Waals surface area (Å²) >= 11 is 0. The minimum atomic E-state index is -4.09. The summed E-state index contributed by atoms with van der Waals surface area (Å²) < 4.78 is 52.8. The summed E-state index contributed by atoms with van der Waals surface area (Å²) in [5.41, 5.74) is 5.07. The largest absolute Gasteiger partial charge is 0.325 e. The van der Waals surface area contributed by atoms with Gasteiger partial charge in [-0.3, -0.25) is 9.71 Å². The predicted molar refractivity (Wildman–Crippen MR) is 69.3 cm³/mol. The van der Waals surface area contributed by atoms with Gasteiger partial charge in [0, 0.05) is 18.8 Å². The predicted octanol–water partition coefficient (Wildman–Crippen LogP) is 1.62. The summed E-state index contributed by atoms with van der Waals surface area (Å²) in [5.74, 6) is -1.64. The van der Waals surface area contributed by atoms with Gasteiger partial charge in [0.25, 0.3) is 10.0 Å². The molecule has 2 rings (SSSR count). The molecule has 0 aliphatic carbocycles. The summed E-state index contributed by atoms with van der Waals surface area (Å²) in [4.78, 5) is 3.66. The van der Waals surface area contributed by atoms with Crippen molar-refractivity contribution in [2.75, 3.05) is 4.72 Å². The lowest BCUT2D eigenvalue weighted by Crippen LogP contribution is -2.18. The summed E-state index contributed by atoms with van der Waals surface area (Å²) in [7, 11) is -4.09. The molecule has 0 atom stereocenters. The number of halogens is 2. The molecular formula is C12H11F2N3O2S. The number of anilines is 1. The normalized spacial score (nSPS) is 11.3. The Hall–Kier alpha value is -2.06. The number of hydrogen-bond donors (Lipinski definition) is 2. The van der Waals surface area contributed by atoms with E-state index in [0.29, 0.717) is 0 Å². The smallest absolute Gasteiger partial charge is 0.263 e. The van der Waals surface area contributed by atoms with Crippen molar-refractivity contribution in [3.05, 3.63) is 53.9 Å². The zero-order valence-corrected chi connectivity index (χ0v) is 11.0. The van der Waals surface area contributed by atoms with Crippen LogP contribution in [0.15, 0.2) is 41.4 Å². The molecule has 0 radical (unpaired) electrons. The highest BCUT2D eigenvalue weighted by atomic mass is 32.2. The maximum absolute atomic E-state index is 13.5. The van der Waals surface area contributed by atoms with Gasteiger partial charge < -0.3 is 5.73 Å². The van der Waals surface area contributed by atoms with Crippen molar-refractivity contribution in [2.24, 2.45) is 5.73 Å². The first-order valence-corrected chi connectivity index (χ1v) is 7.04. The van der Waals surface area contributed by atoms with Crippen molar-refractivity contribution in [1.82, 2.24) is 4.98 Å². The fourth-order valence-electron chi connectivity index (χ4n) is 1.60. The number of benzene rings is 1. The lowest BCUT2D eigenvalue weighted by molar-refractivity contribution is 0.593. The van der Waals surface area contributed by atoms with E-state index in [1.165, 1.54) is 18.3 Å². The molecule has 0 amide bonds. The number of rotatable bonds is 4. The van der Waals surface area contributed by atoms with Gasteiger partial charge in [0.05, 0.1) is 11.4 Å². The van der Waals surface area contributed by atoms with Gasteiger partial charge in [0.1, 0.15) is 16.5 Å². The van der Waals surface area contributed by atoms with E-state index in [1.54, 1.807) is 0 Å². The van der Waals surface area contributed by atoms with Crippen LogP contribution in [-0.2, 0) is 16.6 Å². The first kappa shape index (κ1) is 14.4. The second-order valence-electron chi connectivity index (χ2n) is 3.88. The molecule has 0 spiro atoms. The number of aromatic nitrogens is 1. The monoisotopic (exact) mass is 299 g/mol. The van der Waals surface area contributed by atoms with Crippen LogP contribution in [0.2, 0.25) is 0 Å². The molecule has 2 aromatic rings. The molecule has 8 heteroatoms. The molecular weight excluding hydrogens is 288 g/mol. The molecule has 0 bridgehead atoms. The van der Waals surface area contributed by atoms with Crippen LogP contribution in [0, 0.1) is 11.6 Å². The van der Waals surface area contributed by atoms with Crippen molar-refractivity contribution >= 4 is 15.7 Å². The van der Waals surface area contributed by atoms with Gasteiger partial charge in [0.2, 0.25) is 0 Å². The van der Waals surface area contributed by atoms with Gasteiger partial charge in [-0.15, -0.1) is 0 Å². The maximum Gasteiger partial charge on any atom is 0.263 e. The van der Waals surface area contributed by atoms with Crippen molar-refractivity contribution in [3.8, 4) is 0 Å². The highest BCUT2D eigenvalue weighted by Gasteiger charge is 2.20. The Morgan fingerprint density at radius 1 is 1.25 bits per heavy atom. The summed E-state index contributed by atoms with van der Waals surface area (Å²) in [5, 5.41) is 0. The van der Waals surface area contributed by atoms with Crippen molar-refractivity contribution < 1.29 is 17.2 Å². The molecule has 0 saturated heterocycles. The molecule has 1 aromatic carbocycles. The Bertz CT molecular complexity index is 735. The third-order valence-electron chi connectivity index (χ3n) is 2.50. The third kappa shape index (κ3) is 2.91. The summed E-state index contributed by atoms with van der Waals surface area (Å²) in [6.07, 6.45) is 1.39. The number of nitrogens with two attached hydrogens (primary N) is 1. The first-order chi connectivity index (χ1) is 9.44. The molecule has 0 aliphatic rings. The van der Waals surface area contributed by atoms with Gasteiger partial charge in [-0.2, -0.15) is 0 Å². The fourth-order valence-corrected chi connectivity index (χ4v) is 2.86. The third-order valence-corrected chi connectivity index (χ3v) is 3.94. The number of nitrogens with one attached hydrogen (secondary N) is 1. The molecule has 5 nitrogen and oxygen atoms in total. The van der Waals surface area contributed by atoms with Crippen LogP contribution >= 0.6 is 0 Å². The van der Waals surface area contributed by atoms with Crippen molar-refractivity contribution in [3.63, 3.8) is 0 Å². The molecule has 0 aliphatic heterocycles. The van der Waals surface area contributed by atoms with Crippen LogP contribution in [-0.4, -0.2) is 13.4 Å². The molecule has 106 valence electrons. The zero-order valence-electron chi connectivity index (χ0n) is 10.2. The SMILES string of the molecule is NCc1ncccc1S(=O)(=O)Nc1cc(F)ccc1F. The molecule has 0 fully saturated rings. The van der Waals surface area contributed by atoms with Gasteiger partial charge >= 0.3 is 0 Å². The number of sulfonamides is 1. The number of hydrogen-bond acceptors (Lipinski definition) is 4. The van der Waals surface area contributed by atoms with Crippen LogP contribution < -0.4 is 10.5 Å². The Morgan fingerprint density at radius 2 is 2.00 bits per heavy atom. The number of pyridine rings is 1. The highest BCUT2D eigenvalue weighted by molar-refractivity contribution is 7.92. The summed E-state index contributed by atoms with van der Waals surface area (Å²) in [6.45, 7) is -0.0945. The molecule has 0 saturated carbocycles. The lowest BCUT2D eigenvalue weighted by Gasteiger charge is -2.11. The standard InChI is InChI=1S/C12H11F2N3O2S/c13-8-3-4-9(14)10(6-8)17-20(18,19)12-2-1-5-16-11(12)7-15/h1-6,17H,7,15H2. The Balaban J connectivity index is 2.43. The minimum Gasteiger partial charge on any atom is -0.325 e. The average Bonchev–Trinajstić information content (AvgIpc) is 2.42. The molecule has 20 heavy (non-hydrogen) atoms. The Morgan fingerprint density at radius 3 is 2.70 bits per heavy atom. The molecule has 1 heterocycles. The van der Waals surface area contributed by atoms with Crippen LogP contribution in [0.4, 0.5) is 14.5 Å². The van der Waals surface area contributed by atoms with E-state index in [2.05, 4.69) is 4.98 Å². The molecule has 0 unspecified atom stereocenters. The van der Waals surface area contributed by atoms with Crippen molar-refractivity contribution in [2.45, 2.75) is 11.4 Å². The van der Waals surface area contributed by atoms with Crippen molar-refractivity contribution in [1.29, 1.82) is 0 Å². The van der Waals surface area contributed by atoms with Gasteiger partial charge in [-0.05, 0) is 24.3 Å². The second kappa shape index (κ2) is 5.51. The second-order valence-corrected chi connectivity index (χ2v) is 5.53. The van der Waals surface area contributed by atoms with E-state index in [-0.39, 0.29) is 17.1 Å². The van der Waals surface area contributed by atoms with E-state index < -0.39 is 27.3 Å². The van der Waals surface area contributed by atoms with Gasteiger partial charge in [-0.1, -0.05) is 0 Å². The van der Waals surface area contributed by atoms with Gasteiger partial charge in [-0.25, -0.2) is 17.2 Å². The topological polar surface area (TPSA) is 85.1 Å². The minimum absolute atomic E-state index is 0.0945. The Labute approximate surface area is 114 Å². The average molecular weight is 299 g/mol. The van der Waals surface area contributed by atoms with E-state index >= 15 is 0 Å². The number of nitrogens with zero attached hydrogens (tertiary/aromatic N) is 1. The van der Waals surface area contributed by atoms with Crippen LogP contribution in [0.3, 0.4) is 0 Å². The maximum atomic E-state index is 13.5. The van der Waals surface area contributed by atoms with Crippen LogP contribution in [0.5, 0.6) is 0 Å². The zero-order chi connectivity index (χ0) is 14.8. The quantitative estimate of drug-likeness (QED) is 0.898. The molecule has 3 N–H and O–H groups in total. The lowest BCUT2D eigenvalue weighted by atomic mass is 10.3. The molecule has 1 aromatic heterocycles. The fraction of sp³-hybridized carbons (Fsp3) is 0.0833.